The summed E-state index contributed by atoms with van der Waals surface area (Å²) >= 11 is 0. The molecule has 1 atom stereocenters. The van der Waals surface area contributed by atoms with Crippen molar-refractivity contribution in [1.29, 1.82) is 0 Å². The molecule has 0 aromatic carbocycles. The summed E-state index contributed by atoms with van der Waals surface area (Å²) < 4.78 is 26.3. The fourth-order valence-electron chi connectivity index (χ4n) is 2.46. The number of nitrogens with zero attached hydrogens (tertiary/aromatic N) is 2. The number of sulfonamides is 1. The summed E-state index contributed by atoms with van der Waals surface area (Å²) in [7, 11) is -3.44. The molecule has 112 valence electrons. The molecule has 1 unspecified atom stereocenters. The number of hydrogen-bond donors (Lipinski definition) is 2. The summed E-state index contributed by atoms with van der Waals surface area (Å²) in [5, 5.41) is 8.97. The van der Waals surface area contributed by atoms with E-state index in [0.29, 0.717) is 19.6 Å². The zero-order valence-corrected chi connectivity index (χ0v) is 12.3. The van der Waals surface area contributed by atoms with Crippen LogP contribution < -0.4 is 5.32 Å². The van der Waals surface area contributed by atoms with Crippen molar-refractivity contribution >= 4 is 15.9 Å². The van der Waals surface area contributed by atoms with E-state index < -0.39 is 10.0 Å². The molecular weight excluding hydrogens is 280 g/mol. The minimum absolute atomic E-state index is 0.0521. The Bertz CT molecular complexity index is 541. The van der Waals surface area contributed by atoms with E-state index >= 15 is 0 Å². The van der Waals surface area contributed by atoms with Gasteiger partial charge in [-0.15, -0.1) is 0 Å². The van der Waals surface area contributed by atoms with E-state index in [1.165, 1.54) is 23.6 Å². The van der Waals surface area contributed by atoms with Crippen molar-refractivity contribution in [3.63, 3.8) is 0 Å². The lowest BCUT2D eigenvalue weighted by Gasteiger charge is -2.31. The molecule has 1 aromatic rings. The molecule has 1 fully saturated rings. The minimum atomic E-state index is -3.44. The van der Waals surface area contributed by atoms with E-state index in [4.69, 9.17) is 0 Å². The van der Waals surface area contributed by atoms with E-state index in [-0.39, 0.29) is 16.7 Å². The highest BCUT2D eigenvalue weighted by molar-refractivity contribution is 7.89. The van der Waals surface area contributed by atoms with Crippen LogP contribution in [0.1, 0.15) is 26.2 Å². The van der Waals surface area contributed by atoms with E-state index in [9.17, 15) is 13.2 Å². The molecule has 7 nitrogen and oxygen atoms in total. The number of piperidine rings is 1. The molecule has 0 radical (unpaired) electrons. The average Bonchev–Trinajstić information content (AvgIpc) is 2.93. The Kier molecular flexibility index (Phi) is 4.77. The van der Waals surface area contributed by atoms with Gasteiger partial charge in [0.15, 0.2) is 0 Å². The quantitative estimate of drug-likeness (QED) is 0.819. The second-order valence-corrected chi connectivity index (χ2v) is 7.01. The summed E-state index contributed by atoms with van der Waals surface area (Å²) in [4.78, 5) is 11.0. The average molecular weight is 300 g/mol. The molecule has 2 rings (SSSR count). The lowest BCUT2D eigenvalue weighted by molar-refractivity contribution is -0.119. The lowest BCUT2D eigenvalue weighted by atomic mass is 9.96. The summed E-state index contributed by atoms with van der Waals surface area (Å²) in [6, 6.07) is 0. The van der Waals surface area contributed by atoms with E-state index in [1.807, 2.05) is 0 Å². The van der Waals surface area contributed by atoms with Crippen molar-refractivity contribution in [3.05, 3.63) is 12.4 Å². The monoisotopic (exact) mass is 300 g/mol. The van der Waals surface area contributed by atoms with Crippen LogP contribution in [0.2, 0.25) is 0 Å². The van der Waals surface area contributed by atoms with Gasteiger partial charge >= 0.3 is 0 Å². The first-order chi connectivity index (χ1) is 9.50. The molecule has 0 saturated carbocycles. The number of hydrogen-bond acceptors (Lipinski definition) is 4. The second kappa shape index (κ2) is 6.36. The fourth-order valence-corrected chi connectivity index (χ4v) is 3.92. The third-order valence-electron chi connectivity index (χ3n) is 3.52. The van der Waals surface area contributed by atoms with Crippen LogP contribution in [0.15, 0.2) is 17.3 Å². The van der Waals surface area contributed by atoms with Crippen LogP contribution in [0.25, 0.3) is 0 Å². The van der Waals surface area contributed by atoms with Gasteiger partial charge in [0.05, 0.1) is 6.20 Å². The third kappa shape index (κ3) is 3.57. The molecule has 1 aliphatic heterocycles. The molecule has 1 aromatic heterocycles. The normalized spacial score (nSPS) is 20.8. The van der Waals surface area contributed by atoms with Crippen LogP contribution in [0.3, 0.4) is 0 Å². The van der Waals surface area contributed by atoms with Crippen molar-refractivity contribution in [3.8, 4) is 0 Å². The molecule has 2 N–H and O–H groups in total. The van der Waals surface area contributed by atoms with Crippen molar-refractivity contribution < 1.29 is 13.2 Å². The zero-order valence-electron chi connectivity index (χ0n) is 11.5. The summed E-state index contributed by atoms with van der Waals surface area (Å²) in [6.45, 7) is 3.13. The van der Waals surface area contributed by atoms with Crippen LogP contribution in [0.4, 0.5) is 0 Å². The Morgan fingerprint density at radius 1 is 1.60 bits per heavy atom. The summed E-state index contributed by atoms with van der Waals surface area (Å²) in [5.74, 6) is 0.237. The van der Waals surface area contributed by atoms with Gasteiger partial charge in [-0.1, -0.05) is 0 Å². The number of amides is 1. The standard InChI is InChI=1S/C12H20N4O3S/c1-10(17)13-5-4-11-3-2-6-16(9-11)20(18,19)12-7-14-15-8-12/h7-8,11H,2-6,9H2,1H3,(H,13,17)(H,14,15). The summed E-state index contributed by atoms with van der Waals surface area (Å²) in [5.41, 5.74) is 0. The Morgan fingerprint density at radius 2 is 2.40 bits per heavy atom. The van der Waals surface area contributed by atoms with Gasteiger partial charge in [-0.25, -0.2) is 8.42 Å². The van der Waals surface area contributed by atoms with Gasteiger partial charge in [0.2, 0.25) is 15.9 Å². The molecule has 20 heavy (non-hydrogen) atoms. The van der Waals surface area contributed by atoms with Gasteiger partial charge in [-0.05, 0) is 25.2 Å². The number of aromatic amines is 1. The fraction of sp³-hybridized carbons (Fsp3) is 0.667. The Hall–Kier alpha value is -1.41. The predicted molar refractivity (Wildman–Crippen MR) is 73.4 cm³/mol. The first kappa shape index (κ1) is 15.0. The van der Waals surface area contributed by atoms with Gasteiger partial charge in [-0.2, -0.15) is 9.40 Å². The third-order valence-corrected chi connectivity index (χ3v) is 5.35. The van der Waals surface area contributed by atoms with Crippen LogP contribution in [-0.2, 0) is 14.8 Å². The van der Waals surface area contributed by atoms with Crippen molar-refractivity contribution in [1.82, 2.24) is 19.8 Å². The minimum Gasteiger partial charge on any atom is -0.356 e. The van der Waals surface area contributed by atoms with Crippen molar-refractivity contribution in [2.75, 3.05) is 19.6 Å². The molecule has 0 bridgehead atoms. The maximum absolute atomic E-state index is 12.4. The number of aromatic nitrogens is 2. The van der Waals surface area contributed by atoms with Crippen LogP contribution >= 0.6 is 0 Å². The van der Waals surface area contributed by atoms with Crippen molar-refractivity contribution in [2.45, 2.75) is 31.1 Å². The van der Waals surface area contributed by atoms with Crippen LogP contribution in [0, 0.1) is 5.92 Å². The van der Waals surface area contributed by atoms with Gasteiger partial charge in [-0.3, -0.25) is 9.89 Å². The van der Waals surface area contributed by atoms with Gasteiger partial charge in [0.25, 0.3) is 0 Å². The smallest absolute Gasteiger partial charge is 0.246 e. The molecule has 1 aliphatic rings. The highest BCUT2D eigenvalue weighted by Gasteiger charge is 2.30. The zero-order chi connectivity index (χ0) is 14.6. The van der Waals surface area contributed by atoms with E-state index in [2.05, 4.69) is 15.5 Å². The highest BCUT2D eigenvalue weighted by Crippen LogP contribution is 2.24. The Labute approximate surface area is 118 Å². The number of H-pyrrole nitrogens is 1. The molecule has 1 amide bonds. The van der Waals surface area contributed by atoms with E-state index in [1.54, 1.807) is 0 Å². The van der Waals surface area contributed by atoms with Gasteiger partial charge in [0, 0.05) is 32.8 Å². The number of carbonyl (C=O) groups is 1. The lowest BCUT2D eigenvalue weighted by Crippen LogP contribution is -2.40. The number of nitrogens with one attached hydrogen (secondary N) is 2. The topological polar surface area (TPSA) is 95.2 Å². The van der Waals surface area contributed by atoms with E-state index in [0.717, 1.165) is 19.3 Å². The highest BCUT2D eigenvalue weighted by atomic mass is 32.2. The number of rotatable bonds is 5. The number of carbonyl (C=O) groups excluding carboxylic acids is 1. The summed E-state index contributed by atoms with van der Waals surface area (Å²) in [6.07, 6.45) is 5.38. The molecule has 0 spiro atoms. The van der Waals surface area contributed by atoms with Gasteiger partial charge in [0.1, 0.15) is 4.90 Å². The van der Waals surface area contributed by atoms with Crippen LogP contribution in [0.5, 0.6) is 0 Å². The molecule has 8 heteroatoms. The SMILES string of the molecule is CC(=O)NCCC1CCCN(S(=O)(=O)c2cn[nH]c2)C1. The molecule has 1 saturated heterocycles. The Morgan fingerprint density at radius 3 is 3.05 bits per heavy atom. The molecule has 2 heterocycles. The van der Waals surface area contributed by atoms with Crippen LogP contribution in [-0.4, -0.2) is 48.5 Å². The van der Waals surface area contributed by atoms with Gasteiger partial charge < -0.3 is 5.32 Å². The largest absolute Gasteiger partial charge is 0.356 e. The first-order valence-corrected chi connectivity index (χ1v) is 8.17. The van der Waals surface area contributed by atoms with Crippen molar-refractivity contribution in [2.24, 2.45) is 5.92 Å². The first-order valence-electron chi connectivity index (χ1n) is 6.73. The molecular formula is C12H20N4O3S. The predicted octanol–water partition coefficient (Wildman–Crippen LogP) is 0.337. The molecule has 0 aliphatic carbocycles. The Balaban J connectivity index is 1.95. The maximum atomic E-state index is 12.4. The second-order valence-electron chi connectivity index (χ2n) is 5.08. The maximum Gasteiger partial charge on any atom is 0.246 e.